The van der Waals surface area contributed by atoms with E-state index in [1.54, 1.807) is 0 Å². The van der Waals surface area contributed by atoms with Crippen LogP contribution in [0.5, 0.6) is 0 Å². The minimum atomic E-state index is -0.851. The highest BCUT2D eigenvalue weighted by atomic mass is 32.2. The highest BCUT2D eigenvalue weighted by Gasteiger charge is 2.21. The van der Waals surface area contributed by atoms with Gasteiger partial charge in [-0.1, -0.05) is 18.7 Å². The van der Waals surface area contributed by atoms with E-state index >= 15 is 0 Å². The second-order valence-corrected chi connectivity index (χ2v) is 5.81. The molecule has 5 heteroatoms. The molecule has 0 bridgehead atoms. The van der Waals surface area contributed by atoms with Gasteiger partial charge in [-0.05, 0) is 43.7 Å². The molecule has 0 radical (unpaired) electrons. The lowest BCUT2D eigenvalue weighted by Crippen LogP contribution is -2.16. The first kappa shape index (κ1) is 13.9. The molecule has 0 amide bonds. The Morgan fingerprint density at radius 1 is 1.58 bits per heavy atom. The molecule has 2 rings (SSSR count). The number of hydrogen-bond acceptors (Lipinski definition) is 4. The molecule has 0 fully saturated rings. The zero-order valence-electron chi connectivity index (χ0n) is 10.8. The first-order valence-electron chi connectivity index (χ1n) is 6.48. The third-order valence-corrected chi connectivity index (χ3v) is 4.64. The molecule has 0 saturated heterocycles. The average molecular weight is 276 g/mol. The van der Waals surface area contributed by atoms with Gasteiger partial charge in [0.2, 0.25) is 0 Å². The number of pyridine rings is 1. The number of aliphatic carboxylic acids is 1. The van der Waals surface area contributed by atoms with Gasteiger partial charge < -0.3 is 5.11 Å². The maximum absolute atomic E-state index is 11.1. The van der Waals surface area contributed by atoms with Gasteiger partial charge in [0.1, 0.15) is 16.3 Å². The smallest absolute Gasteiger partial charge is 0.317 e. The molecule has 1 atom stereocenters. The number of carboxylic acids is 1. The zero-order chi connectivity index (χ0) is 13.8. The highest BCUT2D eigenvalue weighted by molar-refractivity contribution is 8.00. The van der Waals surface area contributed by atoms with Crippen LogP contribution in [0.1, 0.15) is 43.0 Å². The molecular weight excluding hydrogens is 260 g/mol. The number of rotatable bonds is 4. The van der Waals surface area contributed by atoms with Gasteiger partial charge in [-0.25, -0.2) is 4.98 Å². The van der Waals surface area contributed by atoms with E-state index in [1.165, 1.54) is 11.8 Å². The van der Waals surface area contributed by atoms with Gasteiger partial charge in [-0.15, -0.1) is 0 Å². The molecule has 1 aromatic heterocycles. The van der Waals surface area contributed by atoms with Gasteiger partial charge in [0, 0.05) is 5.69 Å². The number of carbonyl (C=O) groups is 1. The van der Waals surface area contributed by atoms with E-state index in [0.717, 1.165) is 36.9 Å². The topological polar surface area (TPSA) is 74.0 Å². The fourth-order valence-electron chi connectivity index (χ4n) is 2.23. The van der Waals surface area contributed by atoms with Crippen molar-refractivity contribution in [1.29, 1.82) is 5.26 Å². The minimum absolute atomic E-state index is 0.505. The van der Waals surface area contributed by atoms with E-state index in [9.17, 15) is 10.1 Å². The lowest BCUT2D eigenvalue weighted by molar-refractivity contribution is -0.136. The molecule has 1 aliphatic rings. The Hall–Kier alpha value is -1.54. The van der Waals surface area contributed by atoms with Crippen molar-refractivity contribution >= 4 is 17.7 Å². The molecule has 1 aromatic rings. The van der Waals surface area contributed by atoms with Gasteiger partial charge in [0.15, 0.2) is 0 Å². The third kappa shape index (κ3) is 3.07. The SMILES string of the molecule is CCC(Sc1nc2c(cc1C#N)CCCC2)C(=O)O. The largest absolute Gasteiger partial charge is 0.480 e. The quantitative estimate of drug-likeness (QED) is 0.856. The number of aryl methyl sites for hydroxylation is 2. The van der Waals surface area contributed by atoms with E-state index in [1.807, 2.05) is 13.0 Å². The Bertz CT molecular complexity index is 537. The summed E-state index contributed by atoms with van der Waals surface area (Å²) in [5, 5.41) is 18.3. The molecule has 4 nitrogen and oxygen atoms in total. The summed E-state index contributed by atoms with van der Waals surface area (Å²) in [7, 11) is 0. The van der Waals surface area contributed by atoms with Crippen molar-refractivity contribution in [3.63, 3.8) is 0 Å². The van der Waals surface area contributed by atoms with Crippen LogP contribution in [-0.4, -0.2) is 21.3 Å². The van der Waals surface area contributed by atoms with Crippen LogP contribution in [0, 0.1) is 11.3 Å². The average Bonchev–Trinajstić information content (AvgIpc) is 2.43. The van der Waals surface area contributed by atoms with Crippen molar-refractivity contribution in [2.75, 3.05) is 0 Å². The van der Waals surface area contributed by atoms with Crippen molar-refractivity contribution in [1.82, 2.24) is 4.98 Å². The van der Waals surface area contributed by atoms with Gasteiger partial charge in [0.05, 0.1) is 5.56 Å². The fourth-order valence-corrected chi connectivity index (χ4v) is 3.16. The van der Waals surface area contributed by atoms with Crippen LogP contribution in [0.3, 0.4) is 0 Å². The molecule has 1 N–H and O–H groups in total. The zero-order valence-corrected chi connectivity index (χ0v) is 11.7. The van der Waals surface area contributed by atoms with Crippen molar-refractivity contribution in [3.05, 3.63) is 22.9 Å². The summed E-state index contributed by atoms with van der Waals surface area (Å²) in [6.07, 6.45) is 4.67. The fraction of sp³-hybridized carbons (Fsp3) is 0.500. The normalized spacial score (nSPS) is 15.4. The molecule has 1 aliphatic carbocycles. The second-order valence-electron chi connectivity index (χ2n) is 4.62. The van der Waals surface area contributed by atoms with Crippen molar-refractivity contribution < 1.29 is 9.90 Å². The van der Waals surface area contributed by atoms with E-state index in [0.29, 0.717) is 17.0 Å². The summed E-state index contributed by atoms with van der Waals surface area (Å²) in [6.45, 7) is 1.83. The Kier molecular flexibility index (Phi) is 4.43. The molecular formula is C14H16N2O2S. The lowest BCUT2D eigenvalue weighted by atomic mass is 9.95. The minimum Gasteiger partial charge on any atom is -0.480 e. The van der Waals surface area contributed by atoms with E-state index in [-0.39, 0.29) is 0 Å². The summed E-state index contributed by atoms with van der Waals surface area (Å²) in [6, 6.07) is 4.03. The molecule has 0 aromatic carbocycles. The van der Waals surface area contributed by atoms with Crippen LogP contribution >= 0.6 is 11.8 Å². The predicted molar refractivity (Wildman–Crippen MR) is 73.2 cm³/mol. The predicted octanol–water partition coefficient (Wildman–Crippen LogP) is 2.79. The molecule has 100 valence electrons. The molecule has 0 aliphatic heterocycles. The Morgan fingerprint density at radius 2 is 2.32 bits per heavy atom. The Labute approximate surface area is 116 Å². The Morgan fingerprint density at radius 3 is 2.95 bits per heavy atom. The van der Waals surface area contributed by atoms with Crippen LogP contribution in [0.2, 0.25) is 0 Å². The number of nitrogens with zero attached hydrogens (tertiary/aromatic N) is 2. The van der Waals surface area contributed by atoms with Crippen molar-refractivity contribution in [3.8, 4) is 6.07 Å². The number of carboxylic acid groups (broad SMARTS) is 1. The first-order valence-corrected chi connectivity index (χ1v) is 7.36. The van der Waals surface area contributed by atoms with Crippen LogP contribution in [-0.2, 0) is 17.6 Å². The van der Waals surface area contributed by atoms with Crippen LogP contribution in [0.25, 0.3) is 0 Å². The van der Waals surface area contributed by atoms with Crippen LogP contribution in [0.4, 0.5) is 0 Å². The molecule has 0 spiro atoms. The summed E-state index contributed by atoms with van der Waals surface area (Å²) >= 11 is 1.19. The number of aromatic nitrogens is 1. The lowest BCUT2D eigenvalue weighted by Gasteiger charge is -2.17. The van der Waals surface area contributed by atoms with Gasteiger partial charge in [-0.2, -0.15) is 5.26 Å². The molecule has 0 saturated carbocycles. The van der Waals surface area contributed by atoms with Crippen LogP contribution < -0.4 is 0 Å². The third-order valence-electron chi connectivity index (χ3n) is 3.29. The molecule has 19 heavy (non-hydrogen) atoms. The maximum atomic E-state index is 11.1. The van der Waals surface area contributed by atoms with Crippen molar-refractivity contribution in [2.45, 2.75) is 49.3 Å². The number of hydrogen-bond donors (Lipinski definition) is 1. The standard InChI is InChI=1S/C14H16N2O2S/c1-2-12(14(17)18)19-13-10(8-15)7-9-5-3-4-6-11(9)16-13/h7,12H,2-6H2,1H3,(H,17,18). The summed E-state index contributed by atoms with van der Waals surface area (Å²) in [4.78, 5) is 15.6. The number of nitriles is 1. The van der Waals surface area contributed by atoms with E-state index < -0.39 is 11.2 Å². The highest BCUT2D eigenvalue weighted by Crippen LogP contribution is 2.30. The maximum Gasteiger partial charge on any atom is 0.317 e. The van der Waals surface area contributed by atoms with Gasteiger partial charge >= 0.3 is 5.97 Å². The summed E-state index contributed by atoms with van der Waals surface area (Å²) in [5.74, 6) is -0.851. The summed E-state index contributed by atoms with van der Waals surface area (Å²) in [5.41, 5.74) is 2.69. The van der Waals surface area contributed by atoms with Crippen molar-refractivity contribution in [2.24, 2.45) is 0 Å². The summed E-state index contributed by atoms with van der Waals surface area (Å²) < 4.78 is 0. The monoisotopic (exact) mass is 276 g/mol. The Balaban J connectivity index is 2.34. The van der Waals surface area contributed by atoms with Gasteiger partial charge in [0.25, 0.3) is 0 Å². The molecule has 1 heterocycles. The number of thioether (sulfide) groups is 1. The number of fused-ring (bicyclic) bond motifs is 1. The van der Waals surface area contributed by atoms with E-state index in [2.05, 4.69) is 11.1 Å². The first-order chi connectivity index (χ1) is 9.15. The van der Waals surface area contributed by atoms with Gasteiger partial charge in [-0.3, -0.25) is 4.79 Å². The van der Waals surface area contributed by atoms with Crippen LogP contribution in [0.15, 0.2) is 11.1 Å². The van der Waals surface area contributed by atoms with E-state index in [4.69, 9.17) is 5.11 Å². The second kappa shape index (κ2) is 6.07. The molecule has 1 unspecified atom stereocenters.